The zero-order chi connectivity index (χ0) is 15.5. The van der Waals surface area contributed by atoms with Crippen molar-refractivity contribution in [3.05, 3.63) is 17.5 Å². The van der Waals surface area contributed by atoms with Crippen molar-refractivity contribution in [2.24, 2.45) is 4.99 Å². The second-order valence-electron chi connectivity index (χ2n) is 5.19. The summed E-state index contributed by atoms with van der Waals surface area (Å²) in [5.74, 6) is 3.24. The maximum absolute atomic E-state index is 5.30. The van der Waals surface area contributed by atoms with E-state index in [9.17, 15) is 0 Å². The predicted octanol–water partition coefficient (Wildman–Crippen LogP) is 3.61. The van der Waals surface area contributed by atoms with E-state index < -0.39 is 0 Å². The third-order valence-corrected chi connectivity index (χ3v) is 3.67. The van der Waals surface area contributed by atoms with E-state index in [1.165, 1.54) is 12.2 Å². The van der Waals surface area contributed by atoms with Gasteiger partial charge in [0.2, 0.25) is 0 Å². The lowest BCUT2D eigenvalue weighted by Crippen LogP contribution is -2.37. The molecule has 0 aliphatic heterocycles. The van der Waals surface area contributed by atoms with Gasteiger partial charge in [-0.2, -0.15) is 11.8 Å². The quantitative estimate of drug-likeness (QED) is 0.266. The van der Waals surface area contributed by atoms with Gasteiger partial charge in [-0.05, 0) is 37.7 Å². The molecule has 0 unspecified atom stereocenters. The first kappa shape index (κ1) is 21.6. The lowest BCUT2D eigenvalue weighted by molar-refractivity contribution is 0.376. The largest absolute Gasteiger partial charge is 0.359 e. The average Bonchev–Trinajstić information content (AvgIpc) is 2.93. The Morgan fingerprint density at radius 2 is 2.14 bits per heavy atom. The van der Waals surface area contributed by atoms with Gasteiger partial charge in [-0.15, -0.1) is 24.0 Å². The lowest BCUT2D eigenvalue weighted by Gasteiger charge is -2.10. The van der Waals surface area contributed by atoms with Gasteiger partial charge in [-0.3, -0.25) is 0 Å². The molecule has 1 rings (SSSR count). The molecule has 5 nitrogen and oxygen atoms in total. The van der Waals surface area contributed by atoms with E-state index in [4.69, 9.17) is 4.52 Å². The van der Waals surface area contributed by atoms with E-state index in [0.717, 1.165) is 36.9 Å². The van der Waals surface area contributed by atoms with Gasteiger partial charge in [0.25, 0.3) is 0 Å². The standard InChI is InChI=1S/C15H28N4OS.HI/c1-5-16-15(17-8-6-7-9-21-4)18-11-13-10-14(12(2)3)19-20-13;/h10,12H,5-9,11H2,1-4H3,(H2,16,17,18);1H. The summed E-state index contributed by atoms with van der Waals surface area (Å²) >= 11 is 1.89. The van der Waals surface area contributed by atoms with E-state index in [0.29, 0.717) is 12.5 Å². The van der Waals surface area contributed by atoms with Crippen LogP contribution in [-0.2, 0) is 6.54 Å². The maximum atomic E-state index is 5.30. The van der Waals surface area contributed by atoms with Crippen LogP contribution in [0.1, 0.15) is 51.0 Å². The third kappa shape index (κ3) is 8.87. The van der Waals surface area contributed by atoms with E-state index in [2.05, 4.69) is 47.8 Å². The summed E-state index contributed by atoms with van der Waals surface area (Å²) < 4.78 is 5.30. The molecule has 1 heterocycles. The zero-order valence-corrected chi connectivity index (χ0v) is 17.2. The number of halogens is 1. The minimum absolute atomic E-state index is 0. The second kappa shape index (κ2) is 13.0. The number of hydrogen-bond donors (Lipinski definition) is 2. The lowest BCUT2D eigenvalue weighted by atomic mass is 10.1. The third-order valence-electron chi connectivity index (χ3n) is 2.97. The van der Waals surface area contributed by atoms with Gasteiger partial charge < -0.3 is 15.2 Å². The number of aliphatic imine (C=N–C) groups is 1. The van der Waals surface area contributed by atoms with Crippen molar-refractivity contribution in [3.8, 4) is 0 Å². The van der Waals surface area contributed by atoms with Crippen LogP contribution < -0.4 is 10.6 Å². The van der Waals surface area contributed by atoms with E-state index in [1.807, 2.05) is 17.8 Å². The van der Waals surface area contributed by atoms with Crippen molar-refractivity contribution < 1.29 is 4.52 Å². The first-order valence-corrected chi connectivity index (χ1v) is 9.03. The number of thioether (sulfide) groups is 1. The van der Waals surface area contributed by atoms with Gasteiger partial charge in [-0.1, -0.05) is 19.0 Å². The van der Waals surface area contributed by atoms with Crippen LogP contribution in [0.25, 0.3) is 0 Å². The fourth-order valence-electron chi connectivity index (χ4n) is 1.75. The average molecular weight is 440 g/mol. The highest BCUT2D eigenvalue weighted by atomic mass is 127. The first-order valence-electron chi connectivity index (χ1n) is 7.64. The van der Waals surface area contributed by atoms with Crippen molar-refractivity contribution in [2.75, 3.05) is 25.1 Å². The van der Waals surface area contributed by atoms with Crippen molar-refractivity contribution >= 4 is 41.7 Å². The van der Waals surface area contributed by atoms with Crippen LogP contribution in [0, 0.1) is 0 Å². The fourth-order valence-corrected chi connectivity index (χ4v) is 2.25. The molecular formula is C15H29IN4OS. The molecule has 0 aliphatic rings. The Kier molecular flexibility index (Phi) is 12.8. The molecule has 128 valence electrons. The fraction of sp³-hybridized carbons (Fsp3) is 0.733. The summed E-state index contributed by atoms with van der Waals surface area (Å²) in [6.45, 7) is 8.58. The van der Waals surface area contributed by atoms with Gasteiger partial charge in [0.1, 0.15) is 6.54 Å². The summed E-state index contributed by atoms with van der Waals surface area (Å²) in [6, 6.07) is 1.98. The van der Waals surface area contributed by atoms with Gasteiger partial charge in [0.15, 0.2) is 11.7 Å². The van der Waals surface area contributed by atoms with E-state index in [-0.39, 0.29) is 24.0 Å². The molecule has 0 atom stereocenters. The van der Waals surface area contributed by atoms with Crippen LogP contribution in [0.2, 0.25) is 0 Å². The van der Waals surface area contributed by atoms with E-state index >= 15 is 0 Å². The molecule has 2 N–H and O–H groups in total. The summed E-state index contributed by atoms with van der Waals surface area (Å²) in [6.07, 6.45) is 4.53. The molecule has 0 saturated heterocycles. The molecule has 0 bridgehead atoms. The summed E-state index contributed by atoms with van der Waals surface area (Å²) in [5.41, 5.74) is 0.982. The molecule has 0 aliphatic carbocycles. The van der Waals surface area contributed by atoms with Gasteiger partial charge in [-0.25, -0.2) is 4.99 Å². The topological polar surface area (TPSA) is 62.5 Å². The second-order valence-corrected chi connectivity index (χ2v) is 6.18. The highest BCUT2D eigenvalue weighted by Gasteiger charge is 2.07. The Labute approximate surface area is 155 Å². The van der Waals surface area contributed by atoms with E-state index in [1.54, 1.807) is 0 Å². The highest BCUT2D eigenvalue weighted by molar-refractivity contribution is 14.0. The molecule has 7 heteroatoms. The highest BCUT2D eigenvalue weighted by Crippen LogP contribution is 2.14. The smallest absolute Gasteiger partial charge is 0.191 e. The molecule has 0 amide bonds. The molecule has 22 heavy (non-hydrogen) atoms. The van der Waals surface area contributed by atoms with Gasteiger partial charge >= 0.3 is 0 Å². The van der Waals surface area contributed by atoms with Crippen LogP contribution in [0.3, 0.4) is 0 Å². The molecule has 0 radical (unpaired) electrons. The Morgan fingerprint density at radius 1 is 1.36 bits per heavy atom. The number of hydrogen-bond acceptors (Lipinski definition) is 4. The summed E-state index contributed by atoms with van der Waals surface area (Å²) in [5, 5.41) is 10.6. The van der Waals surface area contributed by atoms with Gasteiger partial charge in [0, 0.05) is 19.2 Å². The monoisotopic (exact) mass is 440 g/mol. The number of guanidine groups is 1. The minimum atomic E-state index is 0. The Morgan fingerprint density at radius 3 is 2.73 bits per heavy atom. The number of rotatable bonds is 9. The predicted molar refractivity (Wildman–Crippen MR) is 106 cm³/mol. The number of unbranched alkanes of at least 4 members (excludes halogenated alkanes) is 1. The Balaban J connectivity index is 0.00000441. The zero-order valence-electron chi connectivity index (χ0n) is 14.0. The van der Waals surface area contributed by atoms with Crippen molar-refractivity contribution in [3.63, 3.8) is 0 Å². The van der Waals surface area contributed by atoms with Crippen LogP contribution >= 0.6 is 35.7 Å². The molecule has 0 spiro atoms. The molecule has 1 aromatic heterocycles. The van der Waals surface area contributed by atoms with Crippen molar-refractivity contribution in [1.29, 1.82) is 0 Å². The number of nitrogens with one attached hydrogen (secondary N) is 2. The normalized spacial score (nSPS) is 11.4. The number of nitrogens with zero attached hydrogens (tertiary/aromatic N) is 2. The van der Waals surface area contributed by atoms with Crippen LogP contribution in [-0.4, -0.2) is 36.2 Å². The molecular weight excluding hydrogens is 411 g/mol. The van der Waals surface area contributed by atoms with Crippen LogP contribution in [0.15, 0.2) is 15.6 Å². The number of aromatic nitrogens is 1. The Hall–Kier alpha value is -0.440. The summed E-state index contributed by atoms with van der Waals surface area (Å²) in [4.78, 5) is 4.53. The van der Waals surface area contributed by atoms with Crippen LogP contribution in [0.5, 0.6) is 0 Å². The SMILES string of the molecule is CCNC(=NCc1cc(C(C)C)no1)NCCCCSC.I. The van der Waals surface area contributed by atoms with Crippen LogP contribution in [0.4, 0.5) is 0 Å². The minimum Gasteiger partial charge on any atom is -0.359 e. The Bertz CT molecular complexity index is 423. The first-order chi connectivity index (χ1) is 10.2. The molecule has 0 aromatic carbocycles. The molecule has 0 fully saturated rings. The molecule has 0 saturated carbocycles. The van der Waals surface area contributed by atoms with Gasteiger partial charge in [0.05, 0.1) is 5.69 Å². The van der Waals surface area contributed by atoms with Crippen molar-refractivity contribution in [1.82, 2.24) is 15.8 Å². The van der Waals surface area contributed by atoms with Crippen molar-refractivity contribution in [2.45, 2.75) is 46.1 Å². The summed E-state index contributed by atoms with van der Waals surface area (Å²) in [7, 11) is 0. The maximum Gasteiger partial charge on any atom is 0.191 e. The molecule has 1 aromatic rings.